The lowest BCUT2D eigenvalue weighted by atomic mass is 9.59. The normalized spacial score (nSPS) is 16.7. The molecule has 0 bridgehead atoms. The molecule has 4 nitrogen and oxygen atoms in total. The fraction of sp³-hybridized carbons (Fsp3) is 0.233. The van der Waals surface area contributed by atoms with E-state index >= 15 is 0 Å². The van der Waals surface area contributed by atoms with Crippen LogP contribution in [-0.2, 0) is 17.3 Å². The number of nitrogens with zero attached hydrogens (tertiary/aromatic N) is 4. The second-order valence-electron chi connectivity index (χ2n) is 15.0. The summed E-state index contributed by atoms with van der Waals surface area (Å²) < 4.78 is 2.31. The summed E-state index contributed by atoms with van der Waals surface area (Å²) in [6.07, 6.45) is 0.926. The van der Waals surface area contributed by atoms with Crippen molar-refractivity contribution in [2.45, 2.75) is 58.8 Å². The largest absolute Gasteiger partial charge is 0.278 e. The molecular formula is C43H38N4. The molecule has 0 saturated carbocycles. The highest BCUT2D eigenvalue weighted by Gasteiger charge is 2.57. The third-order valence-corrected chi connectivity index (χ3v) is 12.2. The molecule has 0 unspecified atom stereocenters. The highest BCUT2D eigenvalue weighted by Crippen LogP contribution is 2.62. The minimum Gasteiger partial charge on any atom is -0.278 e. The second kappa shape index (κ2) is 9.48. The maximum Gasteiger partial charge on any atom is 0.238 e. The molecule has 2 aliphatic carbocycles. The molecule has 47 heavy (non-hydrogen) atoms. The van der Waals surface area contributed by atoms with E-state index in [2.05, 4.69) is 119 Å². The summed E-state index contributed by atoms with van der Waals surface area (Å²) in [7, 11) is 0. The van der Waals surface area contributed by atoms with Crippen molar-refractivity contribution in [1.29, 1.82) is 0 Å². The lowest BCUT2D eigenvalue weighted by molar-refractivity contribution is 0.125. The second-order valence-corrected chi connectivity index (χ2v) is 15.0. The zero-order valence-corrected chi connectivity index (χ0v) is 27.9. The van der Waals surface area contributed by atoms with Crippen molar-refractivity contribution < 1.29 is 0 Å². The van der Waals surface area contributed by atoms with E-state index in [9.17, 15) is 0 Å². The smallest absolute Gasteiger partial charge is 0.238 e. The zero-order chi connectivity index (χ0) is 32.3. The van der Waals surface area contributed by atoms with Gasteiger partial charge < -0.3 is 0 Å². The van der Waals surface area contributed by atoms with Gasteiger partial charge in [0.05, 0.1) is 11.0 Å². The van der Waals surface area contributed by atoms with Gasteiger partial charge in [-0.2, -0.15) is 9.97 Å². The van der Waals surface area contributed by atoms with E-state index in [1.165, 1.54) is 44.2 Å². The predicted molar refractivity (Wildman–Crippen MR) is 193 cm³/mol. The molecule has 0 spiro atoms. The molecule has 0 atom stereocenters. The van der Waals surface area contributed by atoms with Crippen LogP contribution in [0.25, 0.3) is 61.7 Å². The maximum absolute atomic E-state index is 5.23. The Hall–Kier alpha value is -5.09. The molecule has 0 fully saturated rings. The summed E-state index contributed by atoms with van der Waals surface area (Å²) >= 11 is 0. The number of hydrogen-bond donors (Lipinski definition) is 0. The molecule has 5 aromatic carbocycles. The van der Waals surface area contributed by atoms with E-state index in [1.54, 1.807) is 0 Å². The van der Waals surface area contributed by atoms with Crippen LogP contribution in [0.3, 0.4) is 0 Å². The van der Waals surface area contributed by atoms with Crippen LogP contribution in [0.5, 0.6) is 0 Å². The summed E-state index contributed by atoms with van der Waals surface area (Å²) in [6, 6.07) is 39.1. The molecule has 9 rings (SSSR count). The molecule has 2 heterocycles. The molecule has 2 aliphatic rings. The Morgan fingerprint density at radius 3 is 1.68 bits per heavy atom. The molecule has 2 aromatic heterocycles. The van der Waals surface area contributed by atoms with Crippen molar-refractivity contribution in [3.8, 4) is 39.9 Å². The van der Waals surface area contributed by atoms with Crippen molar-refractivity contribution in [2.24, 2.45) is 5.41 Å². The van der Waals surface area contributed by atoms with Crippen LogP contribution in [0.1, 0.15) is 63.8 Å². The van der Waals surface area contributed by atoms with Crippen molar-refractivity contribution in [3.63, 3.8) is 0 Å². The summed E-state index contributed by atoms with van der Waals surface area (Å²) in [5, 5.41) is 2.48. The summed E-state index contributed by atoms with van der Waals surface area (Å²) in [5.41, 5.74) is 12.5. The van der Waals surface area contributed by atoms with Crippen LogP contribution in [0.15, 0.2) is 109 Å². The topological polar surface area (TPSA) is 43.6 Å². The van der Waals surface area contributed by atoms with Gasteiger partial charge >= 0.3 is 0 Å². The van der Waals surface area contributed by atoms with Gasteiger partial charge in [-0.25, -0.2) is 4.98 Å². The van der Waals surface area contributed by atoms with Gasteiger partial charge in [0.15, 0.2) is 11.6 Å². The first-order chi connectivity index (χ1) is 22.6. The Bertz CT molecular complexity index is 2340. The van der Waals surface area contributed by atoms with E-state index in [4.69, 9.17) is 15.0 Å². The minimum absolute atomic E-state index is 0.00804. The molecule has 7 aromatic rings. The Kier molecular flexibility index (Phi) is 5.68. The Morgan fingerprint density at radius 2 is 1.04 bits per heavy atom. The third-order valence-electron chi connectivity index (χ3n) is 12.2. The predicted octanol–water partition coefficient (Wildman–Crippen LogP) is 10.5. The number of aromatic nitrogens is 4. The van der Waals surface area contributed by atoms with Gasteiger partial charge in [-0.1, -0.05) is 126 Å². The quantitative estimate of drug-likeness (QED) is 0.200. The molecule has 0 radical (unpaired) electrons. The Labute approximate surface area is 276 Å². The number of rotatable bonds is 3. The lowest BCUT2D eigenvalue weighted by Crippen LogP contribution is -2.42. The monoisotopic (exact) mass is 610 g/mol. The molecule has 0 saturated heterocycles. The standard InChI is InChI=1S/C43H38N4/c1-41(2)34-24-33-32-23-31-29(21-28-19-13-14-20-30(28)31)22-36(32)47(37(33)25-35(34)42(3,4)43(41,5)6)40-45-38(26-15-9-7-10-16-26)44-39(46-40)27-17-11-8-12-18-27/h7-20,22-25H,21H2,1-6H3. The van der Waals surface area contributed by atoms with Gasteiger partial charge in [-0.05, 0) is 80.3 Å². The number of fused-ring (bicyclic) bond motifs is 7. The highest BCUT2D eigenvalue weighted by atomic mass is 15.2. The van der Waals surface area contributed by atoms with Crippen molar-refractivity contribution in [2.75, 3.05) is 0 Å². The summed E-state index contributed by atoms with van der Waals surface area (Å²) in [4.78, 5) is 15.5. The zero-order valence-electron chi connectivity index (χ0n) is 27.9. The first-order valence-electron chi connectivity index (χ1n) is 16.7. The van der Waals surface area contributed by atoms with E-state index in [1.807, 2.05) is 36.4 Å². The third kappa shape index (κ3) is 3.79. The molecule has 4 heteroatoms. The number of hydrogen-bond acceptors (Lipinski definition) is 3. The van der Waals surface area contributed by atoms with Gasteiger partial charge in [0.25, 0.3) is 0 Å². The van der Waals surface area contributed by atoms with Crippen LogP contribution in [0.2, 0.25) is 0 Å². The molecule has 0 aliphatic heterocycles. The van der Waals surface area contributed by atoms with Crippen molar-refractivity contribution >= 4 is 21.8 Å². The first-order valence-corrected chi connectivity index (χ1v) is 16.7. The molecule has 0 amide bonds. The van der Waals surface area contributed by atoms with Gasteiger partial charge in [-0.3, -0.25) is 4.57 Å². The average molecular weight is 611 g/mol. The summed E-state index contributed by atoms with van der Waals surface area (Å²) in [6.45, 7) is 14.5. The van der Waals surface area contributed by atoms with Crippen LogP contribution < -0.4 is 0 Å². The Morgan fingerprint density at radius 1 is 0.511 bits per heavy atom. The van der Waals surface area contributed by atoms with Crippen LogP contribution in [-0.4, -0.2) is 19.5 Å². The van der Waals surface area contributed by atoms with E-state index in [-0.39, 0.29) is 16.2 Å². The average Bonchev–Trinajstić information content (AvgIpc) is 3.64. The van der Waals surface area contributed by atoms with E-state index < -0.39 is 0 Å². The lowest BCUT2D eigenvalue weighted by Gasteiger charge is -2.44. The van der Waals surface area contributed by atoms with Gasteiger partial charge in [0.2, 0.25) is 5.95 Å². The van der Waals surface area contributed by atoms with Crippen molar-refractivity contribution in [1.82, 2.24) is 19.5 Å². The molecule has 230 valence electrons. The Balaban J connectivity index is 1.41. The molecule has 0 N–H and O–H groups in total. The van der Waals surface area contributed by atoms with E-state index in [0.29, 0.717) is 17.6 Å². The molecular weight excluding hydrogens is 573 g/mol. The number of benzene rings is 5. The minimum atomic E-state index is -0.0362. The van der Waals surface area contributed by atoms with Gasteiger partial charge in [0.1, 0.15) is 0 Å². The van der Waals surface area contributed by atoms with Crippen LogP contribution in [0, 0.1) is 5.41 Å². The highest BCUT2D eigenvalue weighted by molar-refractivity contribution is 6.12. The van der Waals surface area contributed by atoms with Crippen LogP contribution >= 0.6 is 0 Å². The fourth-order valence-corrected chi connectivity index (χ4v) is 8.29. The van der Waals surface area contributed by atoms with Crippen LogP contribution in [0.4, 0.5) is 0 Å². The maximum atomic E-state index is 5.23. The first kappa shape index (κ1) is 28.2. The van der Waals surface area contributed by atoms with Gasteiger partial charge in [-0.15, -0.1) is 0 Å². The van der Waals surface area contributed by atoms with E-state index in [0.717, 1.165) is 28.6 Å². The SMILES string of the molecule is CC1(C)c2cc3c4cc5c(cc4n(-c4nc(-c6ccccc6)nc(-c6ccccc6)n4)c3cc2C(C)(C)C1(C)C)Cc1ccccc1-5. The van der Waals surface area contributed by atoms with Crippen molar-refractivity contribution in [3.05, 3.63) is 131 Å². The summed E-state index contributed by atoms with van der Waals surface area (Å²) in [5.74, 6) is 1.98. The van der Waals surface area contributed by atoms with Gasteiger partial charge in [0, 0.05) is 21.9 Å². The fourth-order valence-electron chi connectivity index (χ4n) is 8.29.